The van der Waals surface area contributed by atoms with Gasteiger partial charge in [-0.25, -0.2) is 9.78 Å². The van der Waals surface area contributed by atoms with E-state index in [1.165, 1.54) is 0 Å². The minimum Gasteiger partial charge on any atom is -0.445 e. The highest BCUT2D eigenvalue weighted by Gasteiger charge is 2.24. The van der Waals surface area contributed by atoms with Crippen molar-refractivity contribution < 1.29 is 14.3 Å². The van der Waals surface area contributed by atoms with E-state index in [2.05, 4.69) is 15.3 Å². The maximum atomic E-state index is 12.4. The lowest BCUT2D eigenvalue weighted by Gasteiger charge is -2.31. The van der Waals surface area contributed by atoms with Gasteiger partial charge in [-0.15, -0.1) is 0 Å². The molecule has 2 heterocycles. The van der Waals surface area contributed by atoms with Crippen LogP contribution in [-0.2, 0) is 11.3 Å². The number of hydrogen-bond donors (Lipinski definition) is 2. The fourth-order valence-electron chi connectivity index (χ4n) is 3.55. The number of aromatic amines is 1. The number of amides is 2. The summed E-state index contributed by atoms with van der Waals surface area (Å²) >= 11 is 0. The van der Waals surface area contributed by atoms with E-state index < -0.39 is 0 Å². The highest BCUT2D eigenvalue weighted by molar-refractivity contribution is 5.97. The summed E-state index contributed by atoms with van der Waals surface area (Å²) in [4.78, 5) is 33.6. The summed E-state index contributed by atoms with van der Waals surface area (Å²) in [5, 5.41) is 3.01. The number of aromatic nitrogens is 2. The minimum atomic E-state index is -0.274. The number of nitrogens with one attached hydrogen (secondary N) is 2. The summed E-state index contributed by atoms with van der Waals surface area (Å²) < 4.78 is 5.40. The molecule has 7 nitrogen and oxygen atoms in total. The maximum absolute atomic E-state index is 12.4. The monoisotopic (exact) mass is 392 g/mol. The lowest BCUT2D eigenvalue weighted by atomic mass is 9.97. The number of carbonyl (C=O) groups is 2. The molecular formula is C22H24N4O3. The fourth-order valence-corrected chi connectivity index (χ4v) is 3.55. The van der Waals surface area contributed by atoms with Gasteiger partial charge in [0.2, 0.25) is 0 Å². The number of nitrogens with zero attached hydrogens (tertiary/aromatic N) is 2. The van der Waals surface area contributed by atoms with Gasteiger partial charge in [0.1, 0.15) is 6.61 Å². The number of imidazole rings is 1. The number of hydrogen-bond acceptors (Lipinski definition) is 4. The summed E-state index contributed by atoms with van der Waals surface area (Å²) in [7, 11) is 0. The second kappa shape index (κ2) is 8.77. The number of H-pyrrole nitrogens is 1. The zero-order chi connectivity index (χ0) is 20.1. The molecule has 0 unspecified atom stereocenters. The van der Waals surface area contributed by atoms with Crippen molar-refractivity contribution in [3.63, 3.8) is 0 Å². The van der Waals surface area contributed by atoms with Gasteiger partial charge in [0, 0.05) is 25.2 Å². The highest BCUT2D eigenvalue weighted by atomic mass is 16.6. The quantitative estimate of drug-likeness (QED) is 0.697. The number of ether oxygens (including phenoxy) is 1. The average molecular weight is 392 g/mol. The summed E-state index contributed by atoms with van der Waals surface area (Å²) in [5.41, 5.74) is 3.28. The molecule has 2 N–H and O–H groups in total. The molecule has 1 fully saturated rings. The van der Waals surface area contributed by atoms with Crippen molar-refractivity contribution in [1.82, 2.24) is 20.2 Å². The van der Waals surface area contributed by atoms with Crippen molar-refractivity contribution >= 4 is 23.0 Å². The molecule has 3 aromatic rings. The van der Waals surface area contributed by atoms with E-state index in [0.717, 1.165) is 29.4 Å². The summed E-state index contributed by atoms with van der Waals surface area (Å²) in [6.45, 7) is 2.19. The van der Waals surface area contributed by atoms with Crippen LogP contribution in [0.5, 0.6) is 0 Å². The third-order valence-corrected chi connectivity index (χ3v) is 5.31. The van der Waals surface area contributed by atoms with Crippen LogP contribution in [-0.4, -0.2) is 46.5 Å². The lowest BCUT2D eigenvalue weighted by Crippen LogP contribution is -2.41. The molecule has 1 saturated heterocycles. The van der Waals surface area contributed by atoms with Crippen LogP contribution in [0.2, 0.25) is 0 Å². The topological polar surface area (TPSA) is 87.3 Å². The van der Waals surface area contributed by atoms with E-state index in [9.17, 15) is 9.59 Å². The van der Waals surface area contributed by atoms with Gasteiger partial charge in [-0.3, -0.25) is 4.79 Å². The van der Waals surface area contributed by atoms with Gasteiger partial charge in [-0.1, -0.05) is 30.3 Å². The van der Waals surface area contributed by atoms with E-state index in [1.807, 2.05) is 42.5 Å². The van der Waals surface area contributed by atoms with Gasteiger partial charge in [0.15, 0.2) is 0 Å². The third-order valence-electron chi connectivity index (χ3n) is 5.31. The number of rotatable bonds is 5. The molecular weight excluding hydrogens is 368 g/mol. The molecule has 0 radical (unpaired) electrons. The molecule has 0 bridgehead atoms. The second-order valence-corrected chi connectivity index (χ2v) is 7.32. The molecule has 0 aliphatic carbocycles. The molecule has 0 spiro atoms. The molecule has 1 aromatic heterocycles. The number of piperidine rings is 1. The van der Waals surface area contributed by atoms with Crippen LogP contribution >= 0.6 is 0 Å². The Labute approximate surface area is 169 Å². The molecule has 0 atom stereocenters. The fraction of sp³-hybridized carbons (Fsp3) is 0.318. The van der Waals surface area contributed by atoms with Crippen LogP contribution in [0.3, 0.4) is 0 Å². The first-order chi connectivity index (χ1) is 14.2. The van der Waals surface area contributed by atoms with Crippen LogP contribution in [0.25, 0.3) is 11.0 Å². The Balaban J connectivity index is 1.20. The van der Waals surface area contributed by atoms with Crippen molar-refractivity contribution in [2.24, 2.45) is 5.92 Å². The Kier molecular flexibility index (Phi) is 5.74. The van der Waals surface area contributed by atoms with Crippen molar-refractivity contribution in [2.75, 3.05) is 19.6 Å². The Hall–Kier alpha value is -3.35. The van der Waals surface area contributed by atoms with Crippen LogP contribution < -0.4 is 5.32 Å². The van der Waals surface area contributed by atoms with Crippen LogP contribution in [0, 0.1) is 5.92 Å². The van der Waals surface area contributed by atoms with Crippen LogP contribution in [0.4, 0.5) is 4.79 Å². The van der Waals surface area contributed by atoms with E-state index >= 15 is 0 Å². The van der Waals surface area contributed by atoms with Crippen molar-refractivity contribution in [3.8, 4) is 0 Å². The SMILES string of the molecule is O=C(NCC1CCN(C(=O)OCc2ccccc2)CC1)c1ccc2nc[nH]c2c1. The van der Waals surface area contributed by atoms with Crippen molar-refractivity contribution in [2.45, 2.75) is 19.4 Å². The Bertz CT molecular complexity index is 978. The second-order valence-electron chi connectivity index (χ2n) is 7.32. The predicted molar refractivity (Wildman–Crippen MR) is 109 cm³/mol. The van der Waals surface area contributed by atoms with Gasteiger partial charge in [-0.2, -0.15) is 0 Å². The lowest BCUT2D eigenvalue weighted by molar-refractivity contribution is 0.0801. The van der Waals surface area contributed by atoms with E-state index in [-0.39, 0.29) is 18.6 Å². The zero-order valence-electron chi connectivity index (χ0n) is 16.1. The van der Waals surface area contributed by atoms with Gasteiger partial charge in [0.25, 0.3) is 5.91 Å². The normalized spacial score (nSPS) is 14.7. The van der Waals surface area contributed by atoms with E-state index in [0.29, 0.717) is 31.1 Å². The highest BCUT2D eigenvalue weighted by Crippen LogP contribution is 2.18. The van der Waals surface area contributed by atoms with Crippen molar-refractivity contribution in [3.05, 3.63) is 66.0 Å². The molecule has 2 aromatic carbocycles. The number of benzene rings is 2. The molecule has 0 saturated carbocycles. The molecule has 1 aliphatic heterocycles. The van der Waals surface area contributed by atoms with Gasteiger partial charge in [0.05, 0.1) is 17.4 Å². The summed E-state index contributed by atoms with van der Waals surface area (Å²) in [5.74, 6) is 0.263. The smallest absolute Gasteiger partial charge is 0.410 e. The standard InChI is InChI=1S/C22H24N4O3/c27-21(18-6-7-19-20(12-18)25-15-24-19)23-13-16-8-10-26(11-9-16)22(28)29-14-17-4-2-1-3-5-17/h1-7,12,15-16H,8-11,13-14H2,(H,23,27)(H,24,25). The Morgan fingerprint density at radius 3 is 2.72 bits per heavy atom. The number of likely N-dealkylation sites (tertiary alicyclic amines) is 1. The van der Waals surface area contributed by atoms with Gasteiger partial charge >= 0.3 is 6.09 Å². The first-order valence-corrected chi connectivity index (χ1v) is 9.86. The van der Waals surface area contributed by atoms with Crippen molar-refractivity contribution in [1.29, 1.82) is 0 Å². The summed E-state index contributed by atoms with van der Waals surface area (Å²) in [6, 6.07) is 15.1. The number of fused-ring (bicyclic) bond motifs is 1. The third kappa shape index (κ3) is 4.74. The first-order valence-electron chi connectivity index (χ1n) is 9.86. The Morgan fingerprint density at radius 1 is 1.14 bits per heavy atom. The predicted octanol–water partition coefficient (Wildman–Crippen LogP) is 3.34. The van der Waals surface area contributed by atoms with E-state index in [1.54, 1.807) is 17.3 Å². The largest absolute Gasteiger partial charge is 0.445 e. The van der Waals surface area contributed by atoms with E-state index in [4.69, 9.17) is 4.74 Å². The molecule has 29 heavy (non-hydrogen) atoms. The molecule has 150 valence electrons. The van der Waals surface area contributed by atoms with Gasteiger partial charge < -0.3 is 19.9 Å². The molecule has 1 aliphatic rings. The maximum Gasteiger partial charge on any atom is 0.410 e. The van der Waals surface area contributed by atoms with Crippen LogP contribution in [0.1, 0.15) is 28.8 Å². The Morgan fingerprint density at radius 2 is 1.93 bits per heavy atom. The molecule has 2 amide bonds. The summed E-state index contributed by atoms with van der Waals surface area (Å²) in [6.07, 6.45) is 3.04. The van der Waals surface area contributed by atoms with Crippen LogP contribution in [0.15, 0.2) is 54.9 Å². The number of carbonyl (C=O) groups excluding carboxylic acids is 2. The molecule has 4 rings (SSSR count). The zero-order valence-corrected chi connectivity index (χ0v) is 16.1. The average Bonchev–Trinajstić information content (AvgIpc) is 3.25. The first kappa shape index (κ1) is 19.0. The minimum absolute atomic E-state index is 0.0915. The molecule has 7 heteroatoms. The van der Waals surface area contributed by atoms with Gasteiger partial charge in [-0.05, 0) is 42.5 Å².